The summed E-state index contributed by atoms with van der Waals surface area (Å²) in [5.41, 5.74) is -0.0918. The Morgan fingerprint density at radius 2 is 2.15 bits per heavy atom. The minimum atomic E-state index is -0.764. The lowest BCUT2D eigenvalue weighted by Crippen LogP contribution is -2.44. The molecule has 0 amide bonds. The molecule has 1 N–H and O–H groups in total. The summed E-state index contributed by atoms with van der Waals surface area (Å²) in [6.07, 6.45) is 1.62. The van der Waals surface area contributed by atoms with Crippen LogP contribution < -0.4 is 4.90 Å². The number of rotatable bonds is 3. The van der Waals surface area contributed by atoms with Crippen molar-refractivity contribution in [2.24, 2.45) is 5.41 Å². The number of carboxylic acids is 1. The highest BCUT2D eigenvalue weighted by Gasteiger charge is 2.40. The predicted octanol–water partition coefficient (Wildman–Crippen LogP) is 2.78. The van der Waals surface area contributed by atoms with E-state index in [2.05, 4.69) is 0 Å². The normalized spacial score (nSPS) is 17.6. The zero-order valence-electron chi connectivity index (χ0n) is 11.4. The van der Waals surface area contributed by atoms with Crippen LogP contribution in [0.15, 0.2) is 18.2 Å². The number of nitriles is 1. The first-order valence-corrected chi connectivity index (χ1v) is 6.71. The number of hydrogen-bond donors (Lipinski definition) is 1. The van der Waals surface area contributed by atoms with E-state index in [4.69, 9.17) is 5.26 Å². The Bertz CT molecular complexity index is 557. The SMILES string of the molecule is CCC1(C(=O)O)CCN(c2cccc(F)c2C#N)CC1. The molecule has 0 aromatic heterocycles. The van der Waals surface area contributed by atoms with Crippen molar-refractivity contribution < 1.29 is 14.3 Å². The summed E-state index contributed by atoms with van der Waals surface area (Å²) >= 11 is 0. The summed E-state index contributed by atoms with van der Waals surface area (Å²) < 4.78 is 13.6. The fourth-order valence-electron chi connectivity index (χ4n) is 2.78. The fourth-order valence-corrected chi connectivity index (χ4v) is 2.78. The zero-order valence-corrected chi connectivity index (χ0v) is 11.4. The van der Waals surface area contributed by atoms with Crippen molar-refractivity contribution in [3.63, 3.8) is 0 Å². The van der Waals surface area contributed by atoms with Gasteiger partial charge in [0.15, 0.2) is 0 Å². The van der Waals surface area contributed by atoms with E-state index in [1.807, 2.05) is 17.9 Å². The molecule has 1 aromatic rings. The van der Waals surface area contributed by atoms with Crippen molar-refractivity contribution in [1.29, 1.82) is 5.26 Å². The maximum Gasteiger partial charge on any atom is 0.309 e. The van der Waals surface area contributed by atoms with Gasteiger partial charge in [0, 0.05) is 13.1 Å². The zero-order chi connectivity index (χ0) is 14.8. The van der Waals surface area contributed by atoms with Gasteiger partial charge in [-0.3, -0.25) is 4.79 Å². The molecule has 4 nitrogen and oxygen atoms in total. The molecule has 1 fully saturated rings. The van der Waals surface area contributed by atoms with Crippen molar-refractivity contribution >= 4 is 11.7 Å². The third-order valence-electron chi connectivity index (χ3n) is 4.30. The summed E-state index contributed by atoms with van der Waals surface area (Å²) in [6, 6.07) is 6.43. The van der Waals surface area contributed by atoms with Gasteiger partial charge in [0.1, 0.15) is 17.4 Å². The third-order valence-corrected chi connectivity index (χ3v) is 4.30. The topological polar surface area (TPSA) is 64.3 Å². The van der Waals surface area contributed by atoms with Gasteiger partial charge >= 0.3 is 5.97 Å². The third kappa shape index (κ3) is 2.34. The number of nitrogens with zero attached hydrogens (tertiary/aromatic N) is 2. The number of carboxylic acid groups (broad SMARTS) is 1. The molecule has 1 aromatic carbocycles. The van der Waals surface area contributed by atoms with Gasteiger partial charge in [-0.25, -0.2) is 4.39 Å². The van der Waals surface area contributed by atoms with Crippen molar-refractivity contribution in [3.8, 4) is 6.07 Å². The summed E-state index contributed by atoms with van der Waals surface area (Å²) in [5, 5.41) is 18.4. The molecule has 2 rings (SSSR count). The molecule has 0 atom stereocenters. The van der Waals surface area contributed by atoms with Crippen molar-refractivity contribution in [3.05, 3.63) is 29.6 Å². The lowest BCUT2D eigenvalue weighted by molar-refractivity contribution is -0.150. The molecule has 1 saturated heterocycles. The second-order valence-electron chi connectivity index (χ2n) is 5.17. The monoisotopic (exact) mass is 276 g/mol. The largest absolute Gasteiger partial charge is 0.481 e. The minimum absolute atomic E-state index is 0.0341. The van der Waals surface area contributed by atoms with E-state index in [9.17, 15) is 14.3 Å². The molecule has 20 heavy (non-hydrogen) atoms. The Morgan fingerprint density at radius 3 is 2.65 bits per heavy atom. The number of halogens is 1. The lowest BCUT2D eigenvalue weighted by atomic mass is 9.76. The molecule has 0 aliphatic carbocycles. The van der Waals surface area contributed by atoms with Crippen molar-refractivity contribution in [2.45, 2.75) is 26.2 Å². The van der Waals surface area contributed by atoms with Gasteiger partial charge in [0.2, 0.25) is 0 Å². The molecular weight excluding hydrogens is 259 g/mol. The van der Waals surface area contributed by atoms with Crippen LogP contribution in [0.2, 0.25) is 0 Å². The Morgan fingerprint density at radius 1 is 1.50 bits per heavy atom. The van der Waals surface area contributed by atoms with E-state index in [1.165, 1.54) is 6.07 Å². The number of carbonyl (C=O) groups is 1. The maximum absolute atomic E-state index is 13.6. The number of benzene rings is 1. The Kier molecular flexibility index (Phi) is 3.93. The van der Waals surface area contributed by atoms with Gasteiger partial charge in [0.05, 0.1) is 11.1 Å². The average Bonchev–Trinajstić information content (AvgIpc) is 2.47. The second-order valence-corrected chi connectivity index (χ2v) is 5.17. The Labute approximate surface area is 117 Å². The van der Waals surface area contributed by atoms with Gasteiger partial charge in [-0.15, -0.1) is 0 Å². The quantitative estimate of drug-likeness (QED) is 0.922. The highest BCUT2D eigenvalue weighted by atomic mass is 19.1. The average molecular weight is 276 g/mol. The molecule has 0 bridgehead atoms. The minimum Gasteiger partial charge on any atom is -0.481 e. The lowest BCUT2D eigenvalue weighted by Gasteiger charge is -2.39. The van der Waals surface area contributed by atoms with E-state index >= 15 is 0 Å². The van der Waals surface area contributed by atoms with Crippen LogP contribution in [0.5, 0.6) is 0 Å². The van der Waals surface area contributed by atoms with Gasteiger partial charge in [-0.1, -0.05) is 13.0 Å². The summed E-state index contributed by atoms with van der Waals surface area (Å²) in [6.45, 7) is 2.93. The van der Waals surface area contributed by atoms with E-state index in [1.54, 1.807) is 12.1 Å². The van der Waals surface area contributed by atoms with E-state index < -0.39 is 17.2 Å². The van der Waals surface area contributed by atoms with Gasteiger partial charge < -0.3 is 10.0 Å². The summed E-state index contributed by atoms with van der Waals surface area (Å²) in [5.74, 6) is -1.30. The first-order chi connectivity index (χ1) is 9.54. The molecule has 0 unspecified atom stereocenters. The molecule has 1 aliphatic rings. The highest BCUT2D eigenvalue weighted by Crippen LogP contribution is 2.37. The molecule has 0 spiro atoms. The smallest absolute Gasteiger partial charge is 0.309 e. The van der Waals surface area contributed by atoms with Crippen LogP contribution in [-0.4, -0.2) is 24.2 Å². The maximum atomic E-state index is 13.6. The van der Waals surface area contributed by atoms with Crippen LogP contribution in [-0.2, 0) is 4.79 Å². The predicted molar refractivity (Wildman–Crippen MR) is 72.9 cm³/mol. The van der Waals surface area contributed by atoms with Crippen LogP contribution >= 0.6 is 0 Å². The fraction of sp³-hybridized carbons (Fsp3) is 0.467. The van der Waals surface area contributed by atoms with Gasteiger partial charge in [0.25, 0.3) is 0 Å². The van der Waals surface area contributed by atoms with Crippen LogP contribution in [0.4, 0.5) is 10.1 Å². The first-order valence-electron chi connectivity index (χ1n) is 6.71. The van der Waals surface area contributed by atoms with E-state index in [0.717, 1.165) is 0 Å². The first kappa shape index (κ1) is 14.3. The molecule has 0 saturated carbocycles. The van der Waals surface area contributed by atoms with Gasteiger partial charge in [-0.05, 0) is 31.4 Å². The number of piperidine rings is 1. The van der Waals surface area contributed by atoms with Crippen molar-refractivity contribution in [2.75, 3.05) is 18.0 Å². The Balaban J connectivity index is 2.22. The molecule has 106 valence electrons. The number of anilines is 1. The number of aliphatic carboxylic acids is 1. The second kappa shape index (κ2) is 5.49. The highest BCUT2D eigenvalue weighted by molar-refractivity contribution is 5.75. The molecule has 0 radical (unpaired) electrons. The van der Waals surface area contributed by atoms with Crippen molar-refractivity contribution in [1.82, 2.24) is 0 Å². The number of hydrogen-bond acceptors (Lipinski definition) is 3. The molecule has 1 heterocycles. The van der Waals surface area contributed by atoms with Crippen LogP contribution in [0.1, 0.15) is 31.7 Å². The van der Waals surface area contributed by atoms with Crippen LogP contribution in [0.3, 0.4) is 0 Å². The summed E-state index contributed by atoms with van der Waals surface area (Å²) in [4.78, 5) is 13.3. The molecular formula is C15H17FN2O2. The molecule has 1 aliphatic heterocycles. The van der Waals surface area contributed by atoms with Crippen LogP contribution in [0, 0.1) is 22.6 Å². The molecule has 5 heteroatoms. The van der Waals surface area contributed by atoms with Crippen LogP contribution in [0.25, 0.3) is 0 Å². The Hall–Kier alpha value is -2.09. The standard InChI is InChI=1S/C15H17FN2O2/c1-2-15(14(19)20)6-8-18(9-7-15)13-5-3-4-12(16)11(13)10-17/h3-5H,2,6-9H2,1H3,(H,19,20). The summed E-state index contributed by atoms with van der Waals surface area (Å²) in [7, 11) is 0. The van der Waals surface area contributed by atoms with Gasteiger partial charge in [-0.2, -0.15) is 5.26 Å². The van der Waals surface area contributed by atoms with E-state index in [0.29, 0.717) is 38.0 Å². The van der Waals surface area contributed by atoms with E-state index in [-0.39, 0.29) is 5.56 Å².